The molecule has 8 aliphatic rings. The number of nitrogens with zero attached hydrogens (tertiary/aromatic N) is 13. The predicted octanol–water partition coefficient (Wildman–Crippen LogP) is 13.8. The Morgan fingerprint density at radius 2 is 0.859 bits per heavy atom. The fraction of sp³-hybridized carbons (Fsp3) is 0.583. The number of β-amino-alcohol motifs (C(OH)–C–C–N with tert-alkyl or cyclic N) is 1. The third kappa shape index (κ3) is 24.7. The Bertz CT molecular complexity index is 5700. The lowest BCUT2D eigenvalue weighted by Crippen LogP contribution is -2.53. The molecule has 135 heavy (non-hydrogen) atoms. The highest BCUT2D eigenvalue weighted by atomic mass is 32.1. The topological polar surface area (TPSA) is 430 Å². The first-order chi connectivity index (χ1) is 63.2. The van der Waals surface area contributed by atoms with Crippen LogP contribution in [0.2, 0.25) is 0 Å². The van der Waals surface area contributed by atoms with Crippen LogP contribution in [0.15, 0.2) is 49.1 Å². The van der Waals surface area contributed by atoms with E-state index in [0.29, 0.717) is 87.0 Å². The number of nitrogens with one attached hydrogen (secondary N) is 7. The number of anilines is 4. The molecule has 6 atom stereocenters. The molecule has 730 valence electrons. The van der Waals surface area contributed by atoms with Crippen molar-refractivity contribution in [3.8, 4) is 41.8 Å². The molecule has 0 radical (unpaired) electrons. The third-order valence-electron chi connectivity index (χ3n) is 24.9. The molecule has 16 rings (SSSR count). The number of ether oxygens (including phenoxy) is 1. The van der Waals surface area contributed by atoms with Gasteiger partial charge in [0.25, 0.3) is 53.2 Å². The zero-order chi connectivity index (χ0) is 98.3. The Kier molecular flexibility index (Phi) is 31.2. The molecule has 8 fully saturated rings. The van der Waals surface area contributed by atoms with Crippen molar-refractivity contribution < 1.29 is 72.3 Å². The largest absolute Gasteiger partial charge is 0.393 e. The highest BCUT2D eigenvalue weighted by molar-refractivity contribution is 7.18. The van der Waals surface area contributed by atoms with Crippen LogP contribution in [0, 0.1) is 27.7 Å². The minimum atomic E-state index is -2.98. The molecule has 2 bridgehead atoms. The molecule has 0 aromatic carbocycles. The van der Waals surface area contributed by atoms with E-state index in [2.05, 4.69) is 119 Å². The van der Waals surface area contributed by atoms with Gasteiger partial charge in [0, 0.05) is 139 Å². The van der Waals surface area contributed by atoms with E-state index in [9.17, 15) is 67.6 Å². The number of alkyl halides is 2. The number of fused-ring (bicyclic) bond motifs is 2. The minimum absolute atomic E-state index is 0.000599. The first-order valence-electron chi connectivity index (χ1n) is 46.5. The van der Waals surface area contributed by atoms with E-state index >= 15 is 0 Å². The molecule has 11 N–H and O–H groups in total. The molecule has 7 saturated heterocycles. The number of aryl methyl sites for hydroxylation is 4. The first-order valence-corrected chi connectivity index (χ1v) is 49.7. The van der Waals surface area contributed by atoms with Gasteiger partial charge >= 0.3 is 0 Å². The Hall–Kier alpha value is -10.3. The quantitative estimate of drug-likeness (QED) is 0.0318. The Morgan fingerprint density at radius 3 is 1.21 bits per heavy atom. The van der Waals surface area contributed by atoms with Crippen molar-refractivity contribution in [1.29, 1.82) is 0 Å². The SMILES string of the molecule is Cc1cc(NC(C)(C)C)ncc1-c1sc(C(=O)N2CC(O)C2)nc1C(=O)N1CCC[C@@H]1C.Cc1cc(NC(C)(C)C)ncc1-c1sc(C(=O)NC2CC(O)C2)nc1C(=O)N1CCC[C@@H]1C.Cc1cc(NC(C)(C)C)ncc1-c1sc(C(=O)N[C@H](C)C(C)(C)O)nc1C(=O)N1CC(F)(F)C[C@@H]1C.Cc1cc(NC(C)C)ncc1-c1sc(C(=O)N[C@H]2COC[C@H]2O)nc1C(=O)N1C2CCC1CC2. The minimum Gasteiger partial charge on any atom is -0.393 e. The molecule has 0 spiro atoms. The van der Waals surface area contributed by atoms with Crippen LogP contribution in [-0.4, -0.2) is 279 Å². The van der Waals surface area contributed by atoms with Crippen LogP contribution in [0.1, 0.15) is 292 Å². The summed E-state index contributed by atoms with van der Waals surface area (Å²) in [5, 5.41) is 61.8. The number of hydrogen-bond acceptors (Lipinski definition) is 29. The fourth-order valence-electron chi connectivity index (χ4n) is 17.5. The van der Waals surface area contributed by atoms with Gasteiger partial charge in [-0.25, -0.2) is 48.7 Å². The number of aliphatic hydroxyl groups excluding tert-OH is 3. The van der Waals surface area contributed by atoms with Gasteiger partial charge in [-0.15, -0.1) is 45.3 Å². The monoisotopic (exact) mass is 1940 g/mol. The number of aromatic nitrogens is 8. The normalized spacial score (nSPS) is 21.6. The molecule has 0 unspecified atom stereocenters. The van der Waals surface area contributed by atoms with Crippen molar-refractivity contribution in [3.63, 3.8) is 0 Å². The smallest absolute Gasteiger partial charge is 0.283 e. The number of hydrogen-bond donors (Lipinski definition) is 11. The van der Waals surface area contributed by atoms with Gasteiger partial charge in [-0.2, -0.15) is 0 Å². The number of carbonyl (C=O) groups excluding carboxylic acids is 8. The van der Waals surface area contributed by atoms with Crippen LogP contribution in [0.5, 0.6) is 0 Å². The second-order valence-electron chi connectivity index (χ2n) is 40.9. The molecule has 8 aromatic heterocycles. The molecule has 15 heterocycles. The summed E-state index contributed by atoms with van der Waals surface area (Å²) in [5.74, 6) is -2.61. The number of carbonyl (C=O) groups is 8. The van der Waals surface area contributed by atoms with Gasteiger partial charge in [0.15, 0.2) is 20.0 Å². The van der Waals surface area contributed by atoms with E-state index in [0.717, 1.165) is 124 Å². The fourth-order valence-corrected chi connectivity index (χ4v) is 21.7. The molecular formula is C96H130F2N20O13S4. The highest BCUT2D eigenvalue weighted by Gasteiger charge is 2.48. The number of amides is 8. The summed E-state index contributed by atoms with van der Waals surface area (Å²) in [6.45, 7) is 42.5. The second kappa shape index (κ2) is 41.2. The zero-order valence-electron chi connectivity index (χ0n) is 80.9. The molecule has 8 amide bonds. The van der Waals surface area contributed by atoms with Gasteiger partial charge in [-0.3, -0.25) is 38.4 Å². The van der Waals surface area contributed by atoms with Gasteiger partial charge in [0.2, 0.25) is 0 Å². The molecular weight excluding hydrogens is 1810 g/mol. The van der Waals surface area contributed by atoms with Crippen LogP contribution >= 0.6 is 45.3 Å². The summed E-state index contributed by atoms with van der Waals surface area (Å²) in [6.07, 6.45) is 13.9. The van der Waals surface area contributed by atoms with E-state index in [-0.39, 0.29) is 127 Å². The first kappa shape index (κ1) is 102. The number of thiazole rings is 4. The standard InChI is InChI=1S/C25H35F2N5O3S.C24H31N5O4S.C24H33N5O3S.C23H31N5O3S/c1-13-9-17(31-23(4,5)6)28-11-16(13)19-18(22(34)32-12-25(26,27)10-14(32)2)30-21(36-19)20(33)29-15(3)24(7,8)35;1-12(2)26-19-8-13(3)16(9-25-19)21-20(24(32)29-14-4-5-15(29)7-6-14)28-23(34-21)22(31)27-17-10-33-11-18(17)30;1-13-9-18(28-24(3,4)5)25-12-17(13)20-19(23(32)29-8-6-7-14(29)2)27-22(33-20)21(31)26-15-10-16(30)11-15;1-13-9-17(26-23(3,4)5)24-10-16(13)19-18(21(30)28-8-6-7-14(28)2)25-20(32-19)22(31)27-11-15(29)12-27/h9,11,14-15,35H,10,12H2,1-8H3,(H,28,31)(H,29,33);8-9,12,14-15,17-18,30H,4-7,10-11H2,1-3H3,(H,25,26)(H,27,31);9,12,14-16,30H,6-8,10-11H2,1-5H3,(H,25,28)(H,26,31);9-10,14-15,29H,6-8,11-12H2,1-5H3,(H,24,26)/t14-,15+;14?,15?,17-,18+;14-,15?,16?;14-/m0000/s1. The molecule has 7 aliphatic heterocycles. The van der Waals surface area contributed by atoms with Gasteiger partial charge in [0.05, 0.1) is 75.3 Å². The van der Waals surface area contributed by atoms with Crippen molar-refractivity contribution in [2.75, 3.05) is 67.2 Å². The lowest BCUT2D eigenvalue weighted by Gasteiger charge is -2.35. The summed E-state index contributed by atoms with van der Waals surface area (Å²) < 4.78 is 33.4. The van der Waals surface area contributed by atoms with Crippen LogP contribution in [0.4, 0.5) is 32.1 Å². The van der Waals surface area contributed by atoms with Crippen molar-refractivity contribution in [1.82, 2.24) is 80.3 Å². The maximum Gasteiger partial charge on any atom is 0.283 e. The van der Waals surface area contributed by atoms with E-state index in [1.807, 2.05) is 115 Å². The number of rotatable bonds is 21. The third-order valence-corrected chi connectivity index (χ3v) is 29.3. The van der Waals surface area contributed by atoms with Crippen LogP contribution in [-0.2, 0) is 4.74 Å². The van der Waals surface area contributed by atoms with Gasteiger partial charge in [0.1, 0.15) is 46.0 Å². The van der Waals surface area contributed by atoms with Crippen molar-refractivity contribution >= 4 is 116 Å². The summed E-state index contributed by atoms with van der Waals surface area (Å²) >= 11 is 4.65. The van der Waals surface area contributed by atoms with E-state index < -0.39 is 72.5 Å². The van der Waals surface area contributed by atoms with E-state index in [1.165, 1.54) is 34.0 Å². The van der Waals surface area contributed by atoms with Gasteiger partial charge in [-0.05, 0) is 256 Å². The second-order valence-corrected chi connectivity index (χ2v) is 44.9. The Morgan fingerprint density at radius 1 is 0.481 bits per heavy atom. The van der Waals surface area contributed by atoms with Crippen molar-refractivity contribution in [3.05, 3.63) is 114 Å². The average molecular weight is 1940 g/mol. The summed E-state index contributed by atoms with van der Waals surface area (Å²) in [6, 6.07) is 6.95. The molecule has 8 aromatic rings. The molecule has 1 saturated carbocycles. The summed E-state index contributed by atoms with van der Waals surface area (Å²) in [4.78, 5) is 153. The van der Waals surface area contributed by atoms with Crippen LogP contribution in [0.3, 0.4) is 0 Å². The van der Waals surface area contributed by atoms with Crippen LogP contribution in [0.25, 0.3) is 41.8 Å². The highest BCUT2D eigenvalue weighted by Crippen LogP contribution is 2.45. The van der Waals surface area contributed by atoms with Crippen LogP contribution < -0.4 is 37.2 Å². The number of aliphatic hydroxyl groups is 4. The molecule has 33 nitrogen and oxygen atoms in total. The lowest BCUT2D eigenvalue weighted by atomic mass is 9.89. The number of pyridine rings is 4. The lowest BCUT2D eigenvalue weighted by molar-refractivity contribution is 0.00586. The summed E-state index contributed by atoms with van der Waals surface area (Å²) in [5.41, 5.74) is 5.87. The number of likely N-dealkylation sites (tertiary alicyclic amines) is 4. The Labute approximate surface area is 803 Å². The van der Waals surface area contributed by atoms with Crippen molar-refractivity contribution in [2.24, 2.45) is 0 Å². The maximum atomic E-state index is 14.1. The van der Waals surface area contributed by atoms with E-state index in [4.69, 9.17) is 4.74 Å². The predicted molar refractivity (Wildman–Crippen MR) is 521 cm³/mol. The average Bonchev–Trinajstić information content (AvgIpc) is 1.63. The van der Waals surface area contributed by atoms with E-state index in [1.54, 1.807) is 57.4 Å². The Balaban J connectivity index is 0.000000153. The molecule has 1 aliphatic carbocycles. The van der Waals surface area contributed by atoms with Crippen molar-refractivity contribution in [2.45, 2.75) is 317 Å². The maximum absolute atomic E-state index is 14.1. The zero-order valence-corrected chi connectivity index (χ0v) is 84.2. The van der Waals surface area contributed by atoms with Gasteiger partial charge < -0.3 is 86.9 Å². The van der Waals surface area contributed by atoms with Gasteiger partial charge in [-0.1, -0.05) is 0 Å². The summed E-state index contributed by atoms with van der Waals surface area (Å²) in [7, 11) is 0. The molecule has 39 heteroatoms. The number of halogens is 2.